The summed E-state index contributed by atoms with van der Waals surface area (Å²) >= 11 is 3.50. The third-order valence-electron chi connectivity index (χ3n) is 2.86. The molecule has 1 aliphatic rings. The smallest absolute Gasteiger partial charge is 0.133 e. The molecule has 0 radical (unpaired) electrons. The van der Waals surface area contributed by atoms with Crippen LogP contribution in [0.1, 0.15) is 11.6 Å². The first-order valence-corrected chi connectivity index (χ1v) is 7.43. The molecule has 2 aromatic rings. The molecule has 2 nitrogen and oxygen atoms in total. The Morgan fingerprint density at radius 3 is 3.00 bits per heavy atom. The summed E-state index contributed by atoms with van der Waals surface area (Å²) in [6.45, 7) is 0. The fourth-order valence-corrected chi connectivity index (χ4v) is 3.65. The minimum Gasteiger partial charge on any atom is -0.486 e. The van der Waals surface area contributed by atoms with E-state index in [4.69, 9.17) is 10.5 Å². The summed E-state index contributed by atoms with van der Waals surface area (Å²) in [5, 5.41) is 4.15. The summed E-state index contributed by atoms with van der Waals surface area (Å²) in [4.78, 5) is 1.21. The third kappa shape index (κ3) is 2.20. The summed E-state index contributed by atoms with van der Waals surface area (Å²) in [6, 6.07) is 10.2. The van der Waals surface area contributed by atoms with Gasteiger partial charge >= 0.3 is 0 Å². The molecule has 2 N–H and O–H groups in total. The maximum atomic E-state index is 6.24. The largest absolute Gasteiger partial charge is 0.486 e. The molecule has 2 atom stereocenters. The van der Waals surface area contributed by atoms with Crippen LogP contribution in [-0.2, 0) is 0 Å². The van der Waals surface area contributed by atoms with Crippen molar-refractivity contribution >= 4 is 23.1 Å². The molecular weight excluding hydrogens is 250 g/mol. The van der Waals surface area contributed by atoms with E-state index < -0.39 is 0 Å². The van der Waals surface area contributed by atoms with Crippen LogP contribution in [0.3, 0.4) is 0 Å². The second kappa shape index (κ2) is 4.72. The van der Waals surface area contributed by atoms with Gasteiger partial charge in [0.15, 0.2) is 0 Å². The van der Waals surface area contributed by atoms with Crippen molar-refractivity contribution < 1.29 is 4.74 Å². The van der Waals surface area contributed by atoms with Gasteiger partial charge in [-0.3, -0.25) is 0 Å². The van der Waals surface area contributed by atoms with E-state index in [-0.39, 0.29) is 12.1 Å². The van der Waals surface area contributed by atoms with E-state index in [9.17, 15) is 0 Å². The molecule has 0 amide bonds. The maximum Gasteiger partial charge on any atom is 0.133 e. The lowest BCUT2D eigenvalue weighted by Gasteiger charge is -2.29. The first kappa shape index (κ1) is 11.1. The summed E-state index contributed by atoms with van der Waals surface area (Å²) in [6.07, 6.45) is 0.0597. The Bertz CT molecular complexity index is 498. The van der Waals surface area contributed by atoms with Crippen LogP contribution in [0.5, 0.6) is 5.75 Å². The molecule has 1 aromatic heterocycles. The molecule has 2 heterocycles. The van der Waals surface area contributed by atoms with E-state index in [0.29, 0.717) is 0 Å². The highest BCUT2D eigenvalue weighted by molar-refractivity contribution is 7.99. The van der Waals surface area contributed by atoms with Crippen molar-refractivity contribution in [3.63, 3.8) is 0 Å². The van der Waals surface area contributed by atoms with E-state index in [0.717, 1.165) is 11.5 Å². The van der Waals surface area contributed by atoms with Crippen LogP contribution in [-0.4, -0.2) is 11.9 Å². The summed E-state index contributed by atoms with van der Waals surface area (Å²) < 4.78 is 5.98. The van der Waals surface area contributed by atoms with Crippen molar-refractivity contribution in [2.24, 2.45) is 5.73 Å². The average molecular weight is 263 g/mol. The number of benzene rings is 1. The fraction of sp³-hybridized carbons (Fsp3) is 0.231. The number of ether oxygens (including phenoxy) is 1. The van der Waals surface area contributed by atoms with E-state index in [1.807, 2.05) is 30.0 Å². The Balaban J connectivity index is 1.80. The zero-order valence-electron chi connectivity index (χ0n) is 9.21. The van der Waals surface area contributed by atoms with E-state index in [1.54, 1.807) is 11.3 Å². The van der Waals surface area contributed by atoms with E-state index >= 15 is 0 Å². The first-order valence-electron chi connectivity index (χ1n) is 5.51. The number of thiophene rings is 1. The second-order valence-electron chi connectivity index (χ2n) is 4.00. The van der Waals surface area contributed by atoms with Crippen LogP contribution < -0.4 is 10.5 Å². The lowest BCUT2D eigenvalue weighted by atomic mass is 10.1. The van der Waals surface area contributed by atoms with Gasteiger partial charge < -0.3 is 10.5 Å². The summed E-state index contributed by atoms with van der Waals surface area (Å²) in [5.74, 6) is 1.87. The van der Waals surface area contributed by atoms with Crippen LogP contribution in [0, 0.1) is 0 Å². The van der Waals surface area contributed by atoms with Crippen molar-refractivity contribution in [1.29, 1.82) is 0 Å². The second-order valence-corrected chi connectivity index (χ2v) is 5.84. The van der Waals surface area contributed by atoms with Crippen molar-refractivity contribution in [3.05, 3.63) is 46.7 Å². The topological polar surface area (TPSA) is 35.2 Å². The highest BCUT2D eigenvalue weighted by Gasteiger charge is 2.26. The molecule has 0 aliphatic carbocycles. The van der Waals surface area contributed by atoms with Crippen molar-refractivity contribution in [2.75, 3.05) is 5.75 Å². The SMILES string of the molecule is NC(c1ccsc1)C1CSc2ccccc2O1. The highest BCUT2D eigenvalue weighted by atomic mass is 32.2. The number of hydrogen-bond donors (Lipinski definition) is 1. The number of thioether (sulfide) groups is 1. The van der Waals surface area contributed by atoms with Crippen molar-refractivity contribution in [1.82, 2.24) is 0 Å². The standard InChI is InChI=1S/C13H13NOS2/c14-13(9-5-6-16-7-9)11-8-17-12-4-2-1-3-10(12)15-11/h1-7,11,13H,8,14H2. The van der Waals surface area contributed by atoms with E-state index in [2.05, 4.69) is 22.9 Å². The molecule has 88 valence electrons. The maximum absolute atomic E-state index is 6.24. The number of hydrogen-bond acceptors (Lipinski definition) is 4. The highest BCUT2D eigenvalue weighted by Crippen LogP contribution is 2.37. The van der Waals surface area contributed by atoms with Gasteiger partial charge in [0.05, 0.1) is 6.04 Å². The zero-order valence-corrected chi connectivity index (χ0v) is 10.8. The molecule has 3 rings (SSSR count). The van der Waals surface area contributed by atoms with Gasteiger partial charge in [-0.05, 0) is 34.5 Å². The van der Waals surface area contributed by atoms with Crippen LogP contribution >= 0.6 is 23.1 Å². The Kier molecular flexibility index (Phi) is 3.09. The van der Waals surface area contributed by atoms with Gasteiger partial charge in [-0.2, -0.15) is 11.3 Å². The third-order valence-corrected chi connectivity index (χ3v) is 4.70. The lowest BCUT2D eigenvalue weighted by Crippen LogP contribution is -2.35. The monoisotopic (exact) mass is 263 g/mol. The molecule has 1 aromatic carbocycles. The molecule has 4 heteroatoms. The number of rotatable bonds is 2. The normalized spacial score (nSPS) is 20.4. The fourth-order valence-electron chi connectivity index (χ4n) is 1.89. The van der Waals surface area contributed by atoms with Gasteiger partial charge in [0.25, 0.3) is 0 Å². The minimum absolute atomic E-state index is 0.0397. The van der Waals surface area contributed by atoms with Crippen LogP contribution in [0.25, 0.3) is 0 Å². The van der Waals surface area contributed by atoms with Gasteiger partial charge in [-0.25, -0.2) is 0 Å². The molecule has 17 heavy (non-hydrogen) atoms. The quantitative estimate of drug-likeness (QED) is 0.903. The molecule has 0 saturated heterocycles. The predicted molar refractivity (Wildman–Crippen MR) is 72.8 cm³/mol. The van der Waals surface area contributed by atoms with Crippen LogP contribution in [0.15, 0.2) is 46.0 Å². The lowest BCUT2D eigenvalue weighted by molar-refractivity contribution is 0.185. The number of fused-ring (bicyclic) bond motifs is 1. The Morgan fingerprint density at radius 1 is 1.29 bits per heavy atom. The predicted octanol–water partition coefficient (Wildman–Crippen LogP) is 3.30. The zero-order chi connectivity index (χ0) is 11.7. The van der Waals surface area contributed by atoms with Crippen molar-refractivity contribution in [3.8, 4) is 5.75 Å². The molecular formula is C13H13NOS2. The van der Waals surface area contributed by atoms with Gasteiger partial charge in [-0.1, -0.05) is 12.1 Å². The van der Waals surface area contributed by atoms with Gasteiger partial charge in [0.2, 0.25) is 0 Å². The van der Waals surface area contributed by atoms with Crippen LogP contribution in [0.4, 0.5) is 0 Å². The average Bonchev–Trinajstić information content (AvgIpc) is 2.91. The minimum atomic E-state index is -0.0397. The van der Waals surface area contributed by atoms with Crippen LogP contribution in [0.2, 0.25) is 0 Å². The Morgan fingerprint density at radius 2 is 2.18 bits per heavy atom. The first-order chi connectivity index (χ1) is 8.34. The molecule has 0 saturated carbocycles. The number of para-hydroxylation sites is 1. The summed E-state index contributed by atoms with van der Waals surface area (Å²) in [5.41, 5.74) is 7.41. The molecule has 0 bridgehead atoms. The molecule has 0 spiro atoms. The summed E-state index contributed by atoms with van der Waals surface area (Å²) in [7, 11) is 0. The molecule has 2 unspecified atom stereocenters. The van der Waals surface area contributed by atoms with Gasteiger partial charge in [-0.15, -0.1) is 11.8 Å². The molecule has 1 aliphatic heterocycles. The van der Waals surface area contributed by atoms with E-state index in [1.165, 1.54) is 10.5 Å². The molecule has 0 fully saturated rings. The van der Waals surface area contributed by atoms with Gasteiger partial charge in [0, 0.05) is 10.6 Å². The Hall–Kier alpha value is -0.970. The Labute approximate surface area is 109 Å². The van der Waals surface area contributed by atoms with Crippen molar-refractivity contribution in [2.45, 2.75) is 17.0 Å². The van der Waals surface area contributed by atoms with Gasteiger partial charge in [0.1, 0.15) is 11.9 Å². The number of nitrogens with two attached hydrogens (primary N) is 1.